The minimum absolute atomic E-state index is 0.110. The summed E-state index contributed by atoms with van der Waals surface area (Å²) in [5.74, 6) is -2.10. The van der Waals surface area contributed by atoms with Crippen LogP contribution in [0.3, 0.4) is 0 Å². The lowest BCUT2D eigenvalue weighted by atomic mass is 9.86. The van der Waals surface area contributed by atoms with E-state index in [1.807, 2.05) is 51.1 Å². The maximum atomic E-state index is 11.5. The number of hydrogen-bond donors (Lipinski definition) is 4. The Labute approximate surface area is 172 Å². The Hall–Kier alpha value is -2.00. The molecule has 1 aromatic rings. The predicted octanol–water partition coefficient (Wildman–Crippen LogP) is 1.82. The number of amides is 1. The normalized spacial score (nSPS) is 21.8. The SMILES string of the molecule is CC(NC(=O)C(O)CCN)c1ccccc1.CC1(C)OCC(C)(C)[C@H](C(=O)O)O1. The number of nitrogens with one attached hydrogen (secondary N) is 1. The van der Waals surface area contributed by atoms with Gasteiger partial charge in [-0.3, -0.25) is 4.79 Å². The summed E-state index contributed by atoms with van der Waals surface area (Å²) in [6.45, 7) is 9.66. The van der Waals surface area contributed by atoms with Gasteiger partial charge in [-0.1, -0.05) is 44.2 Å². The van der Waals surface area contributed by atoms with E-state index in [0.29, 0.717) is 13.2 Å². The van der Waals surface area contributed by atoms with Crippen LogP contribution in [0.15, 0.2) is 30.3 Å². The van der Waals surface area contributed by atoms with Crippen LogP contribution in [0.4, 0.5) is 0 Å². The van der Waals surface area contributed by atoms with E-state index in [1.165, 1.54) is 0 Å². The fourth-order valence-electron chi connectivity index (χ4n) is 2.72. The quantitative estimate of drug-likeness (QED) is 0.562. The third-order valence-electron chi connectivity index (χ3n) is 4.53. The molecule has 3 atom stereocenters. The number of benzene rings is 1. The molecule has 0 radical (unpaired) electrons. The number of carbonyl (C=O) groups is 2. The van der Waals surface area contributed by atoms with Crippen molar-refractivity contribution in [3.63, 3.8) is 0 Å². The Morgan fingerprint density at radius 3 is 2.31 bits per heavy atom. The molecule has 1 saturated heterocycles. The third kappa shape index (κ3) is 8.10. The van der Waals surface area contributed by atoms with Gasteiger partial charge in [-0.05, 0) is 39.3 Å². The average molecular weight is 411 g/mol. The Kier molecular flexibility index (Phi) is 9.22. The number of aliphatic hydroxyl groups excluding tert-OH is 1. The number of aliphatic hydroxyl groups is 1. The van der Waals surface area contributed by atoms with E-state index >= 15 is 0 Å². The molecular weight excluding hydrogens is 376 g/mol. The van der Waals surface area contributed by atoms with Crippen molar-refractivity contribution < 1.29 is 29.3 Å². The van der Waals surface area contributed by atoms with Crippen molar-refractivity contribution in [2.75, 3.05) is 13.2 Å². The molecule has 5 N–H and O–H groups in total. The lowest BCUT2D eigenvalue weighted by molar-refractivity contribution is -0.307. The molecule has 29 heavy (non-hydrogen) atoms. The largest absolute Gasteiger partial charge is 0.479 e. The summed E-state index contributed by atoms with van der Waals surface area (Å²) in [5.41, 5.74) is 5.81. The monoisotopic (exact) mass is 410 g/mol. The van der Waals surface area contributed by atoms with Crippen LogP contribution >= 0.6 is 0 Å². The predicted molar refractivity (Wildman–Crippen MR) is 109 cm³/mol. The minimum atomic E-state index is -1.02. The highest BCUT2D eigenvalue weighted by atomic mass is 16.7. The van der Waals surface area contributed by atoms with Crippen LogP contribution in [0, 0.1) is 5.41 Å². The first-order valence-electron chi connectivity index (χ1n) is 9.67. The van der Waals surface area contributed by atoms with E-state index < -0.39 is 29.4 Å². The molecule has 0 aromatic heterocycles. The van der Waals surface area contributed by atoms with Crippen molar-refractivity contribution in [1.82, 2.24) is 5.32 Å². The molecule has 164 valence electrons. The standard InChI is InChI=1S/C12H18N2O2.C9H16O4/c1-9(10-5-3-2-4-6-10)14-12(16)11(15)7-8-13;1-8(2)5-12-9(3,4)13-6(8)7(10)11/h2-6,9,11,15H,7-8,13H2,1H3,(H,14,16);6H,5H2,1-4H3,(H,10,11)/t;6-/m.0/s1. The molecular formula is C21H34N2O6. The maximum absolute atomic E-state index is 11.5. The van der Waals surface area contributed by atoms with Gasteiger partial charge >= 0.3 is 5.97 Å². The first kappa shape index (κ1) is 25.0. The molecule has 0 aliphatic carbocycles. The summed E-state index contributed by atoms with van der Waals surface area (Å²) in [7, 11) is 0. The molecule has 1 fully saturated rings. The van der Waals surface area contributed by atoms with E-state index in [9.17, 15) is 14.7 Å². The van der Waals surface area contributed by atoms with Gasteiger partial charge in [0.2, 0.25) is 5.91 Å². The third-order valence-corrected chi connectivity index (χ3v) is 4.53. The van der Waals surface area contributed by atoms with Gasteiger partial charge in [0, 0.05) is 5.41 Å². The van der Waals surface area contributed by atoms with Gasteiger partial charge in [0.1, 0.15) is 6.10 Å². The number of nitrogens with two attached hydrogens (primary N) is 1. The van der Waals surface area contributed by atoms with E-state index in [1.54, 1.807) is 13.8 Å². The molecule has 1 aliphatic heterocycles. The zero-order valence-electron chi connectivity index (χ0n) is 17.8. The zero-order valence-corrected chi connectivity index (χ0v) is 17.8. The number of carboxylic acids is 1. The highest BCUT2D eigenvalue weighted by Crippen LogP contribution is 2.34. The van der Waals surface area contributed by atoms with E-state index in [0.717, 1.165) is 5.56 Å². The summed E-state index contributed by atoms with van der Waals surface area (Å²) < 4.78 is 10.7. The molecule has 1 heterocycles. The summed E-state index contributed by atoms with van der Waals surface area (Å²) in [6.07, 6.45) is -1.53. The summed E-state index contributed by atoms with van der Waals surface area (Å²) in [5, 5.41) is 21.1. The highest BCUT2D eigenvalue weighted by molar-refractivity contribution is 5.80. The van der Waals surface area contributed by atoms with Crippen molar-refractivity contribution in [2.24, 2.45) is 11.1 Å². The molecule has 0 saturated carbocycles. The molecule has 2 rings (SSSR count). The van der Waals surface area contributed by atoms with Crippen LogP contribution < -0.4 is 11.1 Å². The number of aliphatic carboxylic acids is 1. The number of rotatable bonds is 6. The lowest BCUT2D eigenvalue weighted by Crippen LogP contribution is -2.53. The van der Waals surface area contributed by atoms with Crippen molar-refractivity contribution >= 4 is 11.9 Å². The van der Waals surface area contributed by atoms with Gasteiger partial charge in [0.25, 0.3) is 0 Å². The smallest absolute Gasteiger partial charge is 0.333 e. The molecule has 1 aliphatic rings. The van der Waals surface area contributed by atoms with Gasteiger partial charge in [-0.15, -0.1) is 0 Å². The van der Waals surface area contributed by atoms with Crippen LogP contribution in [0.2, 0.25) is 0 Å². The van der Waals surface area contributed by atoms with Crippen LogP contribution in [-0.4, -0.2) is 53.2 Å². The Balaban J connectivity index is 0.000000296. The highest BCUT2D eigenvalue weighted by Gasteiger charge is 2.45. The second-order valence-corrected chi connectivity index (χ2v) is 8.25. The fraction of sp³-hybridized carbons (Fsp3) is 0.619. The Morgan fingerprint density at radius 2 is 1.83 bits per heavy atom. The summed E-state index contributed by atoms with van der Waals surface area (Å²) in [4.78, 5) is 22.4. The van der Waals surface area contributed by atoms with Gasteiger partial charge < -0.3 is 30.7 Å². The van der Waals surface area contributed by atoms with Crippen molar-refractivity contribution in [2.45, 2.75) is 65.1 Å². The van der Waals surface area contributed by atoms with Crippen LogP contribution in [0.5, 0.6) is 0 Å². The van der Waals surface area contributed by atoms with Gasteiger partial charge in [0.15, 0.2) is 11.9 Å². The first-order chi connectivity index (χ1) is 13.4. The maximum Gasteiger partial charge on any atom is 0.333 e. The minimum Gasteiger partial charge on any atom is -0.479 e. The van der Waals surface area contributed by atoms with E-state index in [4.69, 9.17) is 20.3 Å². The molecule has 1 amide bonds. The Bertz CT molecular complexity index is 662. The van der Waals surface area contributed by atoms with Crippen molar-refractivity contribution in [3.8, 4) is 0 Å². The fourth-order valence-corrected chi connectivity index (χ4v) is 2.72. The van der Waals surface area contributed by atoms with Gasteiger partial charge in [0.05, 0.1) is 12.6 Å². The average Bonchev–Trinajstić information content (AvgIpc) is 2.65. The Morgan fingerprint density at radius 1 is 1.24 bits per heavy atom. The second kappa shape index (κ2) is 10.7. The zero-order chi connectivity index (χ0) is 22.2. The van der Waals surface area contributed by atoms with E-state index in [2.05, 4.69) is 5.32 Å². The number of carboxylic acid groups (broad SMARTS) is 1. The molecule has 0 bridgehead atoms. The van der Waals surface area contributed by atoms with Crippen LogP contribution in [0.1, 0.15) is 52.6 Å². The topological polar surface area (TPSA) is 131 Å². The summed E-state index contributed by atoms with van der Waals surface area (Å²) >= 11 is 0. The molecule has 0 spiro atoms. The van der Waals surface area contributed by atoms with E-state index in [-0.39, 0.29) is 18.4 Å². The van der Waals surface area contributed by atoms with Crippen LogP contribution in [-0.2, 0) is 19.1 Å². The van der Waals surface area contributed by atoms with Crippen LogP contribution in [0.25, 0.3) is 0 Å². The first-order valence-corrected chi connectivity index (χ1v) is 9.67. The molecule has 1 aromatic carbocycles. The number of ether oxygens (including phenoxy) is 2. The lowest BCUT2D eigenvalue weighted by Gasteiger charge is -2.43. The number of hydrogen-bond acceptors (Lipinski definition) is 6. The second-order valence-electron chi connectivity index (χ2n) is 8.25. The van der Waals surface area contributed by atoms with Gasteiger partial charge in [-0.25, -0.2) is 4.79 Å². The van der Waals surface area contributed by atoms with Crippen molar-refractivity contribution in [1.29, 1.82) is 0 Å². The molecule has 2 unspecified atom stereocenters. The molecule has 8 heteroatoms. The van der Waals surface area contributed by atoms with Crippen molar-refractivity contribution in [3.05, 3.63) is 35.9 Å². The molecule has 8 nitrogen and oxygen atoms in total. The van der Waals surface area contributed by atoms with Gasteiger partial charge in [-0.2, -0.15) is 0 Å². The summed E-state index contributed by atoms with van der Waals surface area (Å²) in [6, 6.07) is 9.49. The number of carbonyl (C=O) groups excluding carboxylic acids is 1.